The van der Waals surface area contributed by atoms with Crippen LogP contribution in [0.25, 0.3) is 0 Å². The zero-order valence-electron chi connectivity index (χ0n) is 8.16. The number of hydrazine groups is 1. The van der Waals surface area contributed by atoms with E-state index < -0.39 is 6.04 Å². The fraction of sp³-hybridized carbons (Fsp3) is 0.300. The Labute approximate surface area is 83.5 Å². The quantitative estimate of drug-likeness (QED) is 0.621. The Morgan fingerprint density at radius 3 is 2.64 bits per heavy atom. The Morgan fingerprint density at radius 1 is 1.43 bits per heavy atom. The molecule has 76 valence electrons. The van der Waals surface area contributed by atoms with Gasteiger partial charge in [-0.2, -0.15) is 0 Å². The highest BCUT2D eigenvalue weighted by Crippen LogP contribution is 2.02. The smallest absolute Gasteiger partial charge is 0.255 e. The summed E-state index contributed by atoms with van der Waals surface area (Å²) in [5, 5.41) is 0. The number of para-hydroxylation sites is 1. The van der Waals surface area contributed by atoms with Gasteiger partial charge in [0.2, 0.25) is 0 Å². The lowest BCUT2D eigenvalue weighted by molar-refractivity contribution is -0.121. The molecule has 4 nitrogen and oxygen atoms in total. The number of benzene rings is 1. The lowest BCUT2D eigenvalue weighted by atomic mass is 10.2. The van der Waals surface area contributed by atoms with Crippen LogP contribution in [0.15, 0.2) is 30.3 Å². The fourth-order valence-electron chi connectivity index (χ4n) is 0.933. The highest BCUT2D eigenvalue weighted by Gasteiger charge is 2.09. The van der Waals surface area contributed by atoms with Gasteiger partial charge in [0.15, 0.2) is 0 Å². The van der Waals surface area contributed by atoms with Gasteiger partial charge in [-0.15, -0.1) is 0 Å². The summed E-state index contributed by atoms with van der Waals surface area (Å²) < 4.78 is 0. The van der Waals surface area contributed by atoms with Crippen LogP contribution in [-0.4, -0.2) is 11.9 Å². The molecule has 1 rings (SSSR count). The molecule has 0 spiro atoms. The van der Waals surface area contributed by atoms with Gasteiger partial charge in [-0.25, -0.2) is 0 Å². The molecule has 0 saturated carbocycles. The molecular weight excluding hydrogens is 178 g/mol. The highest BCUT2D eigenvalue weighted by atomic mass is 16.2. The summed E-state index contributed by atoms with van der Waals surface area (Å²) in [7, 11) is 0. The van der Waals surface area contributed by atoms with Crippen LogP contribution in [0.4, 0.5) is 5.69 Å². The molecule has 0 fully saturated rings. The number of rotatable bonds is 4. The van der Waals surface area contributed by atoms with Gasteiger partial charge >= 0.3 is 0 Å². The number of carbonyl (C=O) groups is 1. The molecule has 0 aliphatic carbocycles. The predicted molar refractivity (Wildman–Crippen MR) is 56.5 cm³/mol. The summed E-state index contributed by atoms with van der Waals surface area (Å²) >= 11 is 0. The largest absolute Gasteiger partial charge is 0.320 e. The number of hydrogen-bond donors (Lipinski definition) is 3. The van der Waals surface area contributed by atoms with Gasteiger partial charge in [0.05, 0.1) is 11.7 Å². The summed E-state index contributed by atoms with van der Waals surface area (Å²) in [5.74, 6) is -0.198. The SMILES string of the molecule is CCC(N)C(=O)NNc1ccccc1. The van der Waals surface area contributed by atoms with Crippen LogP contribution in [0, 0.1) is 0 Å². The summed E-state index contributed by atoms with van der Waals surface area (Å²) in [6.07, 6.45) is 0.627. The number of nitrogens with two attached hydrogens (primary N) is 1. The van der Waals surface area contributed by atoms with E-state index in [-0.39, 0.29) is 5.91 Å². The number of anilines is 1. The first kappa shape index (κ1) is 10.5. The van der Waals surface area contributed by atoms with Crippen LogP contribution >= 0.6 is 0 Å². The molecule has 0 aliphatic rings. The summed E-state index contributed by atoms with van der Waals surface area (Å²) in [6, 6.07) is 8.94. The van der Waals surface area contributed by atoms with Crippen molar-refractivity contribution in [1.82, 2.24) is 5.43 Å². The third-order valence-electron chi connectivity index (χ3n) is 1.88. The van der Waals surface area contributed by atoms with Gasteiger partial charge in [-0.1, -0.05) is 25.1 Å². The zero-order valence-corrected chi connectivity index (χ0v) is 8.16. The maximum atomic E-state index is 11.2. The molecule has 1 unspecified atom stereocenters. The fourth-order valence-corrected chi connectivity index (χ4v) is 0.933. The lowest BCUT2D eigenvalue weighted by Gasteiger charge is -2.11. The maximum absolute atomic E-state index is 11.2. The second-order valence-corrected chi connectivity index (χ2v) is 3.00. The van der Waals surface area contributed by atoms with Crippen molar-refractivity contribution in [3.63, 3.8) is 0 Å². The van der Waals surface area contributed by atoms with Crippen LogP contribution in [0.1, 0.15) is 13.3 Å². The van der Waals surface area contributed by atoms with E-state index in [0.717, 1.165) is 5.69 Å². The van der Waals surface area contributed by atoms with Crippen molar-refractivity contribution in [2.45, 2.75) is 19.4 Å². The molecule has 14 heavy (non-hydrogen) atoms. The molecule has 0 saturated heterocycles. The number of amides is 1. The summed E-state index contributed by atoms with van der Waals surface area (Å²) in [6.45, 7) is 1.87. The zero-order chi connectivity index (χ0) is 10.4. The van der Waals surface area contributed by atoms with Gasteiger partial charge in [-0.3, -0.25) is 15.6 Å². The van der Waals surface area contributed by atoms with Gasteiger partial charge in [0.1, 0.15) is 0 Å². The normalized spacial score (nSPS) is 11.9. The van der Waals surface area contributed by atoms with E-state index in [0.29, 0.717) is 6.42 Å². The standard InChI is InChI=1S/C10H15N3O/c1-2-9(11)10(14)13-12-8-6-4-3-5-7-8/h3-7,9,12H,2,11H2,1H3,(H,13,14). The topological polar surface area (TPSA) is 67.2 Å². The van der Waals surface area contributed by atoms with E-state index in [1.165, 1.54) is 0 Å². The first-order valence-corrected chi connectivity index (χ1v) is 4.60. The molecule has 0 aromatic heterocycles. The number of carbonyl (C=O) groups excluding carboxylic acids is 1. The first-order chi connectivity index (χ1) is 6.74. The number of nitrogens with one attached hydrogen (secondary N) is 2. The van der Waals surface area contributed by atoms with E-state index in [4.69, 9.17) is 5.73 Å². The second kappa shape index (κ2) is 5.24. The van der Waals surface area contributed by atoms with E-state index in [1.807, 2.05) is 37.3 Å². The predicted octanol–water partition coefficient (Wildman–Crippen LogP) is 0.867. The van der Waals surface area contributed by atoms with Crippen molar-refractivity contribution < 1.29 is 4.79 Å². The molecule has 0 bridgehead atoms. The Bertz CT molecular complexity index is 287. The van der Waals surface area contributed by atoms with Crippen molar-refractivity contribution in [3.05, 3.63) is 30.3 Å². The van der Waals surface area contributed by atoms with E-state index in [2.05, 4.69) is 10.9 Å². The van der Waals surface area contributed by atoms with Crippen molar-refractivity contribution in [1.29, 1.82) is 0 Å². The van der Waals surface area contributed by atoms with E-state index >= 15 is 0 Å². The average Bonchev–Trinajstić information content (AvgIpc) is 2.26. The van der Waals surface area contributed by atoms with Crippen molar-refractivity contribution in [2.75, 3.05) is 5.43 Å². The van der Waals surface area contributed by atoms with Crippen LogP contribution in [-0.2, 0) is 4.79 Å². The van der Waals surface area contributed by atoms with Crippen molar-refractivity contribution in [2.24, 2.45) is 5.73 Å². The van der Waals surface area contributed by atoms with Gasteiger partial charge in [-0.05, 0) is 18.6 Å². The van der Waals surface area contributed by atoms with Gasteiger partial charge in [0.25, 0.3) is 5.91 Å². The monoisotopic (exact) mass is 193 g/mol. The molecule has 4 heteroatoms. The third kappa shape index (κ3) is 3.06. The highest BCUT2D eigenvalue weighted by molar-refractivity contribution is 5.82. The molecule has 1 atom stereocenters. The Balaban J connectivity index is 2.38. The minimum Gasteiger partial charge on any atom is -0.320 e. The third-order valence-corrected chi connectivity index (χ3v) is 1.88. The van der Waals surface area contributed by atoms with Crippen LogP contribution in [0.5, 0.6) is 0 Å². The Hall–Kier alpha value is -1.55. The molecule has 4 N–H and O–H groups in total. The van der Waals surface area contributed by atoms with Crippen LogP contribution < -0.4 is 16.6 Å². The molecule has 1 aromatic carbocycles. The van der Waals surface area contributed by atoms with Gasteiger partial charge in [0, 0.05) is 0 Å². The minimum atomic E-state index is -0.453. The van der Waals surface area contributed by atoms with E-state index in [9.17, 15) is 4.79 Å². The molecule has 0 aliphatic heterocycles. The molecular formula is C10H15N3O. The van der Waals surface area contributed by atoms with E-state index in [1.54, 1.807) is 0 Å². The summed E-state index contributed by atoms with van der Waals surface area (Å²) in [5.41, 5.74) is 11.7. The van der Waals surface area contributed by atoms with Crippen molar-refractivity contribution in [3.8, 4) is 0 Å². The first-order valence-electron chi connectivity index (χ1n) is 4.60. The molecule has 1 aromatic rings. The van der Waals surface area contributed by atoms with Crippen molar-refractivity contribution >= 4 is 11.6 Å². The molecule has 1 amide bonds. The van der Waals surface area contributed by atoms with Crippen LogP contribution in [0.2, 0.25) is 0 Å². The molecule has 0 heterocycles. The second-order valence-electron chi connectivity index (χ2n) is 3.00. The average molecular weight is 193 g/mol. The molecule has 0 radical (unpaired) electrons. The van der Waals surface area contributed by atoms with Crippen LogP contribution in [0.3, 0.4) is 0 Å². The Kier molecular flexibility index (Phi) is 3.94. The number of hydrogen-bond acceptors (Lipinski definition) is 3. The van der Waals surface area contributed by atoms with Gasteiger partial charge < -0.3 is 5.73 Å². The minimum absolute atomic E-state index is 0.198. The summed E-state index contributed by atoms with van der Waals surface area (Å²) in [4.78, 5) is 11.2. The maximum Gasteiger partial charge on any atom is 0.255 e. The lowest BCUT2D eigenvalue weighted by Crippen LogP contribution is -2.42. The Morgan fingerprint density at radius 2 is 2.07 bits per heavy atom.